The Morgan fingerprint density at radius 2 is 2.11 bits per heavy atom. The molecule has 1 N–H and O–H groups in total. The lowest BCUT2D eigenvalue weighted by Gasteiger charge is -2.23. The van der Waals surface area contributed by atoms with Crippen molar-refractivity contribution in [3.05, 3.63) is 39.8 Å². The molecule has 0 aromatic carbocycles. The summed E-state index contributed by atoms with van der Waals surface area (Å²) in [7, 11) is 0. The summed E-state index contributed by atoms with van der Waals surface area (Å²) in [5, 5.41) is 5.81. The second-order valence-electron chi connectivity index (χ2n) is 4.14. The number of carbonyl (C=O) groups excluding carboxylic acids is 1. The minimum atomic E-state index is -0.549. The van der Waals surface area contributed by atoms with Gasteiger partial charge in [0.1, 0.15) is 15.9 Å². The van der Waals surface area contributed by atoms with Gasteiger partial charge in [-0.05, 0) is 13.8 Å². The summed E-state index contributed by atoms with van der Waals surface area (Å²) in [6.07, 6.45) is 4.39. The number of nitrogens with zero attached hydrogens (tertiary/aromatic N) is 3. The molecule has 5 nitrogen and oxygen atoms in total. The highest BCUT2D eigenvalue weighted by molar-refractivity contribution is 7.09. The van der Waals surface area contributed by atoms with Gasteiger partial charge in [-0.3, -0.25) is 4.79 Å². The molecule has 2 aromatic rings. The maximum absolute atomic E-state index is 12.0. The van der Waals surface area contributed by atoms with Gasteiger partial charge in [0, 0.05) is 11.6 Å². The Hall–Kier alpha value is -1.53. The molecule has 0 fully saturated rings. The standard InChI is InChI=1S/C11H11ClN4OS/c1-11(2,10-13-3-4-18-10)16-9(17)7-5-15-8(12)6-14-7/h3-6H,1-2H3,(H,16,17). The number of halogens is 1. The van der Waals surface area contributed by atoms with E-state index in [1.54, 1.807) is 6.20 Å². The fraction of sp³-hybridized carbons (Fsp3) is 0.273. The third kappa shape index (κ3) is 2.83. The Morgan fingerprint density at radius 1 is 1.33 bits per heavy atom. The highest BCUT2D eigenvalue weighted by atomic mass is 35.5. The molecule has 0 atom stereocenters. The normalized spacial score (nSPS) is 11.3. The van der Waals surface area contributed by atoms with E-state index >= 15 is 0 Å². The first-order valence-electron chi connectivity index (χ1n) is 5.19. The maximum Gasteiger partial charge on any atom is 0.272 e. The summed E-state index contributed by atoms with van der Waals surface area (Å²) in [5.41, 5.74) is -0.323. The second kappa shape index (κ2) is 4.99. The Morgan fingerprint density at radius 3 is 2.67 bits per heavy atom. The Labute approximate surface area is 113 Å². The highest BCUT2D eigenvalue weighted by Gasteiger charge is 2.26. The van der Waals surface area contributed by atoms with Crippen molar-refractivity contribution in [2.75, 3.05) is 0 Å². The van der Waals surface area contributed by atoms with Crippen molar-refractivity contribution < 1.29 is 4.79 Å². The molecular weight excluding hydrogens is 272 g/mol. The van der Waals surface area contributed by atoms with E-state index in [4.69, 9.17) is 11.6 Å². The van der Waals surface area contributed by atoms with Crippen LogP contribution in [0.3, 0.4) is 0 Å². The summed E-state index contributed by atoms with van der Waals surface area (Å²) in [4.78, 5) is 23.9. The quantitative estimate of drug-likeness (QED) is 0.937. The summed E-state index contributed by atoms with van der Waals surface area (Å²) in [6, 6.07) is 0. The van der Waals surface area contributed by atoms with Crippen molar-refractivity contribution in [2.45, 2.75) is 19.4 Å². The van der Waals surface area contributed by atoms with Crippen LogP contribution in [0.5, 0.6) is 0 Å². The van der Waals surface area contributed by atoms with E-state index in [0.717, 1.165) is 5.01 Å². The van der Waals surface area contributed by atoms with Crippen LogP contribution in [0.1, 0.15) is 29.3 Å². The van der Waals surface area contributed by atoms with Gasteiger partial charge in [0.15, 0.2) is 0 Å². The SMILES string of the molecule is CC(C)(NC(=O)c1cnc(Cl)cn1)c1nccs1. The molecule has 94 valence electrons. The van der Waals surface area contributed by atoms with Gasteiger partial charge >= 0.3 is 0 Å². The van der Waals surface area contributed by atoms with Crippen molar-refractivity contribution in [3.63, 3.8) is 0 Å². The van der Waals surface area contributed by atoms with Crippen LogP contribution in [0, 0.1) is 0 Å². The molecule has 18 heavy (non-hydrogen) atoms. The van der Waals surface area contributed by atoms with Gasteiger partial charge < -0.3 is 5.32 Å². The molecule has 2 heterocycles. The fourth-order valence-electron chi connectivity index (χ4n) is 1.36. The lowest BCUT2D eigenvalue weighted by Crippen LogP contribution is -2.41. The number of rotatable bonds is 3. The van der Waals surface area contributed by atoms with Gasteiger partial charge in [0.05, 0.1) is 17.9 Å². The van der Waals surface area contributed by atoms with E-state index in [0.29, 0.717) is 0 Å². The van der Waals surface area contributed by atoms with Crippen LogP contribution < -0.4 is 5.32 Å². The molecule has 0 radical (unpaired) electrons. The van der Waals surface area contributed by atoms with Gasteiger partial charge in [0.25, 0.3) is 5.91 Å². The zero-order valence-electron chi connectivity index (χ0n) is 9.85. The van der Waals surface area contributed by atoms with Crippen molar-refractivity contribution in [1.29, 1.82) is 0 Å². The second-order valence-corrected chi connectivity index (χ2v) is 5.42. The van der Waals surface area contributed by atoms with Gasteiger partial charge in [-0.25, -0.2) is 15.0 Å². The number of hydrogen-bond donors (Lipinski definition) is 1. The molecule has 1 amide bonds. The average molecular weight is 283 g/mol. The van der Waals surface area contributed by atoms with E-state index in [1.807, 2.05) is 19.2 Å². The zero-order chi connectivity index (χ0) is 13.2. The minimum absolute atomic E-state index is 0.226. The first-order valence-corrected chi connectivity index (χ1v) is 6.45. The predicted octanol–water partition coefficient (Wildman–Crippen LogP) is 2.25. The molecule has 0 unspecified atom stereocenters. The smallest absolute Gasteiger partial charge is 0.272 e. The Balaban J connectivity index is 2.14. The average Bonchev–Trinajstić information content (AvgIpc) is 2.83. The van der Waals surface area contributed by atoms with Crippen molar-refractivity contribution >= 4 is 28.8 Å². The van der Waals surface area contributed by atoms with Crippen LogP contribution in [0.4, 0.5) is 0 Å². The lowest BCUT2D eigenvalue weighted by atomic mass is 10.1. The molecule has 2 aromatic heterocycles. The predicted molar refractivity (Wildman–Crippen MR) is 69.6 cm³/mol. The number of carbonyl (C=O) groups is 1. The summed E-state index contributed by atoms with van der Waals surface area (Å²) >= 11 is 7.10. The van der Waals surface area contributed by atoms with Gasteiger partial charge in [-0.15, -0.1) is 11.3 Å². The molecular formula is C11H11ClN4OS. The van der Waals surface area contributed by atoms with E-state index in [2.05, 4.69) is 20.3 Å². The van der Waals surface area contributed by atoms with Gasteiger partial charge in [-0.2, -0.15) is 0 Å². The largest absolute Gasteiger partial charge is 0.339 e. The first kappa shape index (κ1) is 12.9. The van der Waals surface area contributed by atoms with E-state index in [1.165, 1.54) is 23.7 Å². The van der Waals surface area contributed by atoms with Crippen molar-refractivity contribution in [1.82, 2.24) is 20.3 Å². The number of nitrogens with one attached hydrogen (secondary N) is 1. The third-order valence-corrected chi connectivity index (χ3v) is 3.54. The molecule has 0 saturated carbocycles. The van der Waals surface area contributed by atoms with Crippen LogP contribution in [-0.4, -0.2) is 20.9 Å². The Bertz CT molecular complexity index is 539. The summed E-state index contributed by atoms with van der Waals surface area (Å²) < 4.78 is 0. The van der Waals surface area contributed by atoms with Crippen LogP contribution >= 0.6 is 22.9 Å². The topological polar surface area (TPSA) is 67.8 Å². The lowest BCUT2D eigenvalue weighted by molar-refractivity contribution is 0.0906. The molecule has 0 bridgehead atoms. The van der Waals surface area contributed by atoms with Crippen LogP contribution in [0.15, 0.2) is 24.0 Å². The monoisotopic (exact) mass is 282 g/mol. The maximum atomic E-state index is 12.0. The molecule has 0 aliphatic heterocycles. The minimum Gasteiger partial charge on any atom is -0.339 e. The Kier molecular flexibility index (Phi) is 3.58. The van der Waals surface area contributed by atoms with E-state index in [-0.39, 0.29) is 16.8 Å². The third-order valence-electron chi connectivity index (χ3n) is 2.25. The molecule has 0 aliphatic carbocycles. The van der Waals surface area contributed by atoms with E-state index < -0.39 is 5.54 Å². The van der Waals surface area contributed by atoms with E-state index in [9.17, 15) is 4.79 Å². The van der Waals surface area contributed by atoms with Gasteiger partial charge in [-0.1, -0.05) is 11.6 Å². The molecule has 2 rings (SSSR count). The molecule has 0 spiro atoms. The number of thiazole rings is 1. The van der Waals surface area contributed by atoms with Crippen LogP contribution in [-0.2, 0) is 5.54 Å². The van der Waals surface area contributed by atoms with Crippen LogP contribution in [0.25, 0.3) is 0 Å². The summed E-state index contributed by atoms with van der Waals surface area (Å²) in [6.45, 7) is 3.76. The van der Waals surface area contributed by atoms with Crippen molar-refractivity contribution in [2.24, 2.45) is 0 Å². The number of amides is 1. The number of aromatic nitrogens is 3. The van der Waals surface area contributed by atoms with Gasteiger partial charge in [0.2, 0.25) is 0 Å². The molecule has 0 saturated heterocycles. The zero-order valence-corrected chi connectivity index (χ0v) is 11.4. The fourth-order valence-corrected chi connectivity index (χ4v) is 2.18. The first-order chi connectivity index (χ1) is 8.49. The van der Waals surface area contributed by atoms with Crippen LogP contribution in [0.2, 0.25) is 5.15 Å². The summed E-state index contributed by atoms with van der Waals surface area (Å²) in [5.74, 6) is -0.306. The molecule has 0 aliphatic rings. The van der Waals surface area contributed by atoms with Crippen molar-refractivity contribution in [3.8, 4) is 0 Å². The number of hydrogen-bond acceptors (Lipinski definition) is 5. The molecule has 7 heteroatoms. The highest BCUT2D eigenvalue weighted by Crippen LogP contribution is 2.22.